The van der Waals surface area contributed by atoms with Crippen molar-refractivity contribution in [2.45, 2.75) is 32.7 Å². The quantitative estimate of drug-likeness (QED) is 0.392. The van der Waals surface area contributed by atoms with Crippen LogP contribution in [-0.4, -0.2) is 41.3 Å². The number of hydrogen-bond acceptors (Lipinski definition) is 6. The number of carbonyl (C=O) groups excluding carboxylic acids is 2. The third-order valence-electron chi connectivity index (χ3n) is 2.73. The van der Waals surface area contributed by atoms with Gasteiger partial charge in [0.15, 0.2) is 0 Å². The van der Waals surface area contributed by atoms with Crippen molar-refractivity contribution in [3.8, 4) is 5.75 Å². The number of carbonyl (C=O) groups is 2. The van der Waals surface area contributed by atoms with Crippen molar-refractivity contribution in [1.29, 1.82) is 0 Å². The van der Waals surface area contributed by atoms with Gasteiger partial charge in [0.2, 0.25) is 0 Å². The van der Waals surface area contributed by atoms with E-state index in [1.807, 2.05) is 6.92 Å². The Hall–Kier alpha value is -1.76. The first kappa shape index (κ1) is 18.3. The van der Waals surface area contributed by atoms with Gasteiger partial charge < -0.3 is 0 Å². The standard InChI is InChI=1S/C13H19AsN2O6/c1-3-4-10(15)13(19)22-14(20,21)9-5-6-12(18)11(7-9)16-8(2)17/h5-7,10,18H,3-4,15H2,1-2H3,(H,16,17)(H,20,21)/t10-/m0/s1. The number of nitrogens with one attached hydrogen (secondary N) is 1. The zero-order valence-corrected chi connectivity index (χ0v) is 14.2. The van der Waals surface area contributed by atoms with E-state index in [4.69, 9.17) is 5.73 Å². The Bertz CT molecular complexity index is 619. The van der Waals surface area contributed by atoms with Crippen LogP contribution in [0.5, 0.6) is 5.75 Å². The number of amides is 1. The Kier molecular flexibility index (Phi) is 6.22. The molecule has 0 bridgehead atoms. The van der Waals surface area contributed by atoms with Gasteiger partial charge in [-0.15, -0.1) is 0 Å². The van der Waals surface area contributed by atoms with Gasteiger partial charge in [-0.2, -0.15) is 0 Å². The van der Waals surface area contributed by atoms with Crippen LogP contribution < -0.4 is 15.4 Å². The van der Waals surface area contributed by atoms with E-state index in [-0.39, 0.29) is 15.8 Å². The minimum atomic E-state index is -5.16. The molecule has 1 unspecified atom stereocenters. The third kappa shape index (κ3) is 4.91. The van der Waals surface area contributed by atoms with Gasteiger partial charge in [0.1, 0.15) is 0 Å². The SMILES string of the molecule is CCC[C@H](N)C(=O)O[As](=O)(O)c1ccc(O)c(NC(C)=O)c1. The van der Waals surface area contributed by atoms with Crippen LogP contribution in [0.2, 0.25) is 0 Å². The first-order chi connectivity index (χ1) is 10.2. The summed E-state index contributed by atoms with van der Waals surface area (Å²) in [5.41, 5.74) is 5.49. The Balaban J connectivity index is 3.00. The molecular weight excluding hydrogens is 355 g/mol. The summed E-state index contributed by atoms with van der Waals surface area (Å²) in [6, 6.07) is 2.40. The molecule has 1 aromatic rings. The monoisotopic (exact) mass is 374 g/mol. The summed E-state index contributed by atoms with van der Waals surface area (Å²) in [6.07, 6.45) is 0.964. The fraction of sp³-hybridized carbons (Fsp3) is 0.385. The average Bonchev–Trinajstić information content (AvgIpc) is 2.40. The van der Waals surface area contributed by atoms with E-state index in [1.165, 1.54) is 6.92 Å². The fourth-order valence-electron chi connectivity index (χ4n) is 1.66. The summed E-state index contributed by atoms with van der Waals surface area (Å²) in [5, 5.41) is 11.9. The number of benzene rings is 1. The molecule has 0 aliphatic heterocycles. The molecule has 1 rings (SSSR count). The number of anilines is 1. The van der Waals surface area contributed by atoms with Crippen LogP contribution in [0.1, 0.15) is 26.7 Å². The van der Waals surface area contributed by atoms with E-state index in [1.54, 1.807) is 0 Å². The number of rotatable bonds is 6. The Morgan fingerprint density at radius 1 is 1.45 bits per heavy atom. The molecule has 9 heteroatoms. The average molecular weight is 374 g/mol. The Labute approximate surface area is 130 Å². The van der Waals surface area contributed by atoms with Crippen LogP contribution in [0, 0.1) is 0 Å². The maximum absolute atomic E-state index is 12.2. The summed E-state index contributed by atoms with van der Waals surface area (Å²) >= 11 is -5.16. The second-order valence-corrected chi connectivity index (χ2v) is 8.36. The number of aromatic hydroxyl groups is 1. The van der Waals surface area contributed by atoms with Gasteiger partial charge in [0.05, 0.1) is 0 Å². The molecule has 0 heterocycles. The number of phenols is 1. The van der Waals surface area contributed by atoms with Crippen molar-refractivity contribution in [1.82, 2.24) is 0 Å². The van der Waals surface area contributed by atoms with E-state index in [2.05, 4.69) is 9.04 Å². The van der Waals surface area contributed by atoms with Crippen LogP contribution in [0.4, 0.5) is 5.69 Å². The number of phenolic OH excluding ortho intramolecular Hbond substituents is 1. The third-order valence-corrected chi connectivity index (χ3v) is 5.58. The van der Waals surface area contributed by atoms with Crippen molar-refractivity contribution in [3.05, 3.63) is 18.2 Å². The van der Waals surface area contributed by atoms with Gasteiger partial charge >= 0.3 is 130 Å². The fourth-order valence-corrected chi connectivity index (χ4v) is 3.84. The van der Waals surface area contributed by atoms with E-state index in [0.717, 1.165) is 18.2 Å². The van der Waals surface area contributed by atoms with Gasteiger partial charge in [-0.05, 0) is 0 Å². The molecule has 1 amide bonds. The molecule has 8 nitrogen and oxygen atoms in total. The predicted molar refractivity (Wildman–Crippen MR) is 79.7 cm³/mol. The van der Waals surface area contributed by atoms with Crippen molar-refractivity contribution in [2.75, 3.05) is 5.32 Å². The molecule has 5 N–H and O–H groups in total. The van der Waals surface area contributed by atoms with E-state index < -0.39 is 32.1 Å². The maximum atomic E-state index is 12.2. The van der Waals surface area contributed by atoms with Crippen molar-refractivity contribution in [3.63, 3.8) is 0 Å². The second-order valence-electron chi connectivity index (χ2n) is 4.71. The summed E-state index contributed by atoms with van der Waals surface area (Å²) in [5.74, 6) is -1.70. The van der Waals surface area contributed by atoms with Crippen LogP contribution in [0.25, 0.3) is 0 Å². The molecule has 0 aromatic heterocycles. The molecule has 1 aromatic carbocycles. The normalized spacial score (nSPS) is 14.7. The first-order valence-corrected chi connectivity index (χ1v) is 9.91. The number of nitrogens with two attached hydrogens (primary N) is 1. The van der Waals surface area contributed by atoms with Crippen LogP contribution in [0.15, 0.2) is 18.2 Å². The molecule has 0 saturated heterocycles. The Morgan fingerprint density at radius 2 is 2.09 bits per heavy atom. The molecule has 0 aliphatic rings. The first-order valence-electron chi connectivity index (χ1n) is 6.60. The van der Waals surface area contributed by atoms with Crippen LogP contribution in [0.3, 0.4) is 0 Å². The number of hydrogen-bond donors (Lipinski definition) is 4. The molecule has 2 atom stereocenters. The van der Waals surface area contributed by atoms with Gasteiger partial charge in [-0.1, -0.05) is 0 Å². The molecule has 0 spiro atoms. The molecular formula is C13H19AsN2O6. The van der Waals surface area contributed by atoms with E-state index >= 15 is 0 Å². The summed E-state index contributed by atoms with van der Waals surface area (Å²) in [6.45, 7) is 3.04. The van der Waals surface area contributed by atoms with Crippen LogP contribution in [-0.2, 0) is 17.1 Å². The van der Waals surface area contributed by atoms with Crippen molar-refractivity contribution < 1.29 is 26.3 Å². The van der Waals surface area contributed by atoms with Gasteiger partial charge in [-0.25, -0.2) is 0 Å². The van der Waals surface area contributed by atoms with E-state index in [0.29, 0.717) is 12.8 Å². The molecule has 122 valence electrons. The molecule has 0 aliphatic carbocycles. The molecule has 0 radical (unpaired) electrons. The summed E-state index contributed by atoms with van der Waals surface area (Å²) in [4.78, 5) is 22.7. The molecule has 0 saturated carbocycles. The van der Waals surface area contributed by atoms with Crippen molar-refractivity contribution in [2.24, 2.45) is 5.73 Å². The van der Waals surface area contributed by atoms with Gasteiger partial charge in [0.25, 0.3) is 0 Å². The summed E-state index contributed by atoms with van der Waals surface area (Å²) in [7, 11) is 0. The molecule has 0 fully saturated rings. The minimum absolute atomic E-state index is 0.0467. The zero-order valence-electron chi connectivity index (χ0n) is 12.3. The Morgan fingerprint density at radius 3 is 2.64 bits per heavy atom. The van der Waals surface area contributed by atoms with E-state index in [9.17, 15) is 22.5 Å². The van der Waals surface area contributed by atoms with Crippen LogP contribution >= 0.6 is 0 Å². The summed E-state index contributed by atoms with van der Waals surface area (Å²) < 4.78 is 26.6. The second kappa shape index (κ2) is 7.49. The molecule has 22 heavy (non-hydrogen) atoms. The predicted octanol–water partition coefficient (Wildman–Crippen LogP) is -0.410. The topological polar surface area (TPSA) is 139 Å². The van der Waals surface area contributed by atoms with Gasteiger partial charge in [0, 0.05) is 0 Å². The van der Waals surface area contributed by atoms with Crippen molar-refractivity contribution >= 4 is 36.1 Å². The van der Waals surface area contributed by atoms with Gasteiger partial charge in [-0.3, -0.25) is 0 Å². The zero-order chi connectivity index (χ0) is 16.9.